The number of halogens is 5. The van der Waals surface area contributed by atoms with Crippen LogP contribution in [0, 0.1) is 0 Å². The first-order valence-corrected chi connectivity index (χ1v) is 4.93. The summed E-state index contributed by atoms with van der Waals surface area (Å²) in [6.07, 6.45) is -7.02. The predicted octanol–water partition coefficient (Wildman–Crippen LogP) is 1.72. The van der Waals surface area contributed by atoms with Crippen molar-refractivity contribution >= 4 is 0 Å². The minimum absolute atomic E-state index is 0.0964. The lowest BCUT2D eigenvalue weighted by molar-refractivity contribution is -0.287. The number of ether oxygens (including phenoxy) is 1. The fraction of sp³-hybridized carbons (Fsp3) is 1.00. The second-order valence-electron chi connectivity index (χ2n) is 3.74. The molecule has 3 nitrogen and oxygen atoms in total. The molecule has 0 aliphatic rings. The quantitative estimate of drug-likeness (QED) is 0.545. The van der Waals surface area contributed by atoms with E-state index in [1.165, 1.54) is 6.92 Å². The van der Waals surface area contributed by atoms with Crippen LogP contribution in [0.3, 0.4) is 0 Å². The van der Waals surface area contributed by atoms with Crippen LogP contribution in [0.1, 0.15) is 19.8 Å². The molecule has 0 fully saturated rings. The zero-order chi connectivity index (χ0) is 13.7. The summed E-state index contributed by atoms with van der Waals surface area (Å²) in [4.78, 5) is 0. The number of alkyl halides is 5. The van der Waals surface area contributed by atoms with Crippen molar-refractivity contribution in [1.29, 1.82) is 0 Å². The molecule has 0 aliphatic carbocycles. The van der Waals surface area contributed by atoms with Crippen molar-refractivity contribution in [2.45, 2.75) is 37.5 Å². The zero-order valence-corrected chi connectivity index (χ0v) is 9.23. The van der Waals surface area contributed by atoms with Crippen molar-refractivity contribution in [3.8, 4) is 0 Å². The third kappa shape index (κ3) is 5.13. The smallest absolute Gasteiger partial charge is 0.393 e. The maximum absolute atomic E-state index is 12.4. The minimum Gasteiger partial charge on any atom is -0.393 e. The second-order valence-corrected chi connectivity index (χ2v) is 3.74. The summed E-state index contributed by atoms with van der Waals surface area (Å²) in [5.41, 5.74) is -1.60. The van der Waals surface area contributed by atoms with Crippen LogP contribution in [-0.4, -0.2) is 47.7 Å². The van der Waals surface area contributed by atoms with Gasteiger partial charge in [0, 0.05) is 6.42 Å². The van der Waals surface area contributed by atoms with Gasteiger partial charge in [0.15, 0.2) is 0 Å². The van der Waals surface area contributed by atoms with E-state index in [9.17, 15) is 27.1 Å². The minimum atomic E-state index is -5.60. The number of hydrogen-bond acceptors (Lipinski definition) is 3. The fourth-order valence-electron chi connectivity index (χ4n) is 0.864. The molecule has 1 atom stereocenters. The standard InChI is InChI=1S/C9H15F5O3/c1-2-7(16,5-15)6-17-4-3-8(10,11)9(12,13)14/h15-16H,2-6H2,1H3. The Morgan fingerprint density at radius 2 is 1.65 bits per heavy atom. The predicted molar refractivity (Wildman–Crippen MR) is 48.8 cm³/mol. The summed E-state index contributed by atoms with van der Waals surface area (Å²) < 4.78 is 64.5. The molecular formula is C9H15F5O3. The Morgan fingerprint density at radius 3 is 2.00 bits per heavy atom. The molecule has 8 heteroatoms. The first-order valence-electron chi connectivity index (χ1n) is 4.93. The normalized spacial score (nSPS) is 16.9. The largest absolute Gasteiger partial charge is 0.453 e. The van der Waals surface area contributed by atoms with Gasteiger partial charge in [-0.15, -0.1) is 0 Å². The Kier molecular flexibility index (Phi) is 5.76. The van der Waals surface area contributed by atoms with Crippen LogP contribution in [-0.2, 0) is 4.74 Å². The summed E-state index contributed by atoms with van der Waals surface area (Å²) in [5.74, 6) is -4.81. The highest BCUT2D eigenvalue weighted by Gasteiger charge is 2.56. The van der Waals surface area contributed by atoms with E-state index in [4.69, 9.17) is 5.11 Å². The van der Waals surface area contributed by atoms with Crippen molar-refractivity contribution in [3.05, 3.63) is 0 Å². The van der Waals surface area contributed by atoms with Crippen LogP contribution in [0.5, 0.6) is 0 Å². The second kappa shape index (κ2) is 5.92. The summed E-state index contributed by atoms with van der Waals surface area (Å²) in [6, 6.07) is 0. The SMILES string of the molecule is CCC(O)(CO)COCCC(F)(F)C(F)(F)F. The van der Waals surface area contributed by atoms with Gasteiger partial charge in [0.2, 0.25) is 0 Å². The number of hydrogen-bond donors (Lipinski definition) is 2. The molecule has 0 amide bonds. The lowest BCUT2D eigenvalue weighted by Crippen LogP contribution is -2.40. The van der Waals surface area contributed by atoms with Crippen molar-refractivity contribution in [1.82, 2.24) is 0 Å². The van der Waals surface area contributed by atoms with E-state index >= 15 is 0 Å². The average molecular weight is 266 g/mol. The van der Waals surface area contributed by atoms with Crippen LogP contribution in [0.15, 0.2) is 0 Å². The van der Waals surface area contributed by atoms with Crippen molar-refractivity contribution in [3.63, 3.8) is 0 Å². The summed E-state index contributed by atoms with van der Waals surface area (Å²) in [5, 5.41) is 18.1. The highest BCUT2D eigenvalue weighted by atomic mass is 19.4. The lowest BCUT2D eigenvalue weighted by atomic mass is 10.0. The van der Waals surface area contributed by atoms with E-state index in [-0.39, 0.29) is 6.42 Å². The molecule has 17 heavy (non-hydrogen) atoms. The molecule has 0 spiro atoms. The van der Waals surface area contributed by atoms with Gasteiger partial charge in [-0.3, -0.25) is 0 Å². The Hall–Kier alpha value is -0.470. The van der Waals surface area contributed by atoms with E-state index in [1.54, 1.807) is 0 Å². The Labute approximate surface area is 95.2 Å². The lowest BCUT2D eigenvalue weighted by Gasteiger charge is -2.25. The summed E-state index contributed by atoms with van der Waals surface area (Å²) in [7, 11) is 0. The van der Waals surface area contributed by atoms with E-state index in [1.807, 2.05) is 0 Å². The molecule has 2 N–H and O–H groups in total. The molecule has 0 aromatic heterocycles. The van der Waals surface area contributed by atoms with Crippen LogP contribution < -0.4 is 0 Å². The van der Waals surface area contributed by atoms with Crippen molar-refractivity contribution < 1.29 is 36.9 Å². The van der Waals surface area contributed by atoms with Crippen LogP contribution in [0.25, 0.3) is 0 Å². The van der Waals surface area contributed by atoms with Crippen LogP contribution in [0.2, 0.25) is 0 Å². The van der Waals surface area contributed by atoms with Gasteiger partial charge >= 0.3 is 12.1 Å². The van der Waals surface area contributed by atoms with Gasteiger partial charge in [-0.1, -0.05) is 6.92 Å². The number of aliphatic hydroxyl groups excluding tert-OH is 1. The first-order chi connectivity index (χ1) is 7.58. The maximum Gasteiger partial charge on any atom is 0.453 e. The van der Waals surface area contributed by atoms with Gasteiger partial charge in [0.1, 0.15) is 5.60 Å². The zero-order valence-electron chi connectivity index (χ0n) is 9.23. The third-order valence-electron chi connectivity index (χ3n) is 2.30. The highest BCUT2D eigenvalue weighted by molar-refractivity contribution is 4.77. The van der Waals surface area contributed by atoms with Gasteiger partial charge in [-0.2, -0.15) is 22.0 Å². The molecule has 0 aliphatic heterocycles. The average Bonchev–Trinajstić information content (AvgIpc) is 2.22. The van der Waals surface area contributed by atoms with Gasteiger partial charge in [-0.25, -0.2) is 0 Å². The molecule has 0 aromatic carbocycles. The van der Waals surface area contributed by atoms with Crippen LogP contribution in [0.4, 0.5) is 22.0 Å². The van der Waals surface area contributed by atoms with Crippen molar-refractivity contribution in [2.24, 2.45) is 0 Å². The van der Waals surface area contributed by atoms with Gasteiger partial charge < -0.3 is 14.9 Å². The molecule has 104 valence electrons. The van der Waals surface area contributed by atoms with Gasteiger partial charge in [0.25, 0.3) is 0 Å². The van der Waals surface area contributed by atoms with Crippen molar-refractivity contribution in [2.75, 3.05) is 19.8 Å². The fourth-order valence-corrected chi connectivity index (χ4v) is 0.864. The Morgan fingerprint density at radius 1 is 1.12 bits per heavy atom. The molecule has 0 bridgehead atoms. The molecule has 0 rings (SSSR count). The topological polar surface area (TPSA) is 49.7 Å². The van der Waals surface area contributed by atoms with Crippen LogP contribution >= 0.6 is 0 Å². The van der Waals surface area contributed by atoms with E-state index < -0.39 is 43.9 Å². The number of rotatable bonds is 7. The third-order valence-corrected chi connectivity index (χ3v) is 2.30. The molecular weight excluding hydrogens is 251 g/mol. The van der Waals surface area contributed by atoms with E-state index in [0.717, 1.165) is 0 Å². The Bertz CT molecular complexity index is 225. The van der Waals surface area contributed by atoms with Gasteiger partial charge in [0.05, 0.1) is 19.8 Å². The monoisotopic (exact) mass is 266 g/mol. The highest BCUT2D eigenvalue weighted by Crippen LogP contribution is 2.37. The molecule has 0 aromatic rings. The Balaban J connectivity index is 4.01. The first kappa shape index (κ1) is 16.5. The maximum atomic E-state index is 12.4. The molecule has 0 radical (unpaired) electrons. The van der Waals surface area contributed by atoms with E-state index in [0.29, 0.717) is 0 Å². The number of aliphatic hydroxyl groups is 2. The molecule has 0 saturated carbocycles. The van der Waals surface area contributed by atoms with Gasteiger partial charge in [-0.05, 0) is 6.42 Å². The summed E-state index contributed by atoms with van der Waals surface area (Å²) in [6.45, 7) is -0.480. The molecule has 0 saturated heterocycles. The van der Waals surface area contributed by atoms with E-state index in [2.05, 4.69) is 4.74 Å². The summed E-state index contributed by atoms with van der Waals surface area (Å²) >= 11 is 0. The molecule has 0 heterocycles. The molecule has 1 unspecified atom stereocenters.